The summed E-state index contributed by atoms with van der Waals surface area (Å²) in [6, 6.07) is 0. The Morgan fingerprint density at radius 2 is 2.16 bits per heavy atom. The summed E-state index contributed by atoms with van der Waals surface area (Å²) in [5, 5.41) is 0.147. The first-order chi connectivity index (χ1) is 8.81. The predicted molar refractivity (Wildman–Crippen MR) is 72.9 cm³/mol. The number of rotatable bonds is 3. The number of hydrogen-bond acceptors (Lipinski definition) is 4. The van der Waals surface area contributed by atoms with Gasteiger partial charge in [-0.25, -0.2) is 13.4 Å². The van der Waals surface area contributed by atoms with Crippen LogP contribution in [-0.4, -0.2) is 36.4 Å². The molecule has 1 aromatic rings. The lowest BCUT2D eigenvalue weighted by Crippen LogP contribution is -2.31. The van der Waals surface area contributed by atoms with Gasteiger partial charge in [-0.2, -0.15) is 0 Å². The quantitative estimate of drug-likeness (QED) is 0.852. The van der Waals surface area contributed by atoms with Gasteiger partial charge in [-0.3, -0.25) is 0 Å². The fourth-order valence-electron chi connectivity index (χ4n) is 2.29. The molecular weight excluding hydrogens is 264 g/mol. The normalized spacial score (nSPS) is 21.5. The molecule has 1 fully saturated rings. The van der Waals surface area contributed by atoms with Gasteiger partial charge in [0, 0.05) is 24.5 Å². The van der Waals surface area contributed by atoms with Gasteiger partial charge in [0.1, 0.15) is 0 Å². The average molecular weight is 286 g/mol. The largest absolute Gasteiger partial charge is 0.377 e. The molecule has 2 rings (SSSR count). The minimum Gasteiger partial charge on any atom is -0.377 e. The van der Waals surface area contributed by atoms with Crippen molar-refractivity contribution >= 4 is 9.84 Å². The summed E-state index contributed by atoms with van der Waals surface area (Å²) in [5.41, 5.74) is -0.299. The van der Waals surface area contributed by atoms with Crippen molar-refractivity contribution in [3.8, 4) is 0 Å². The van der Waals surface area contributed by atoms with Gasteiger partial charge >= 0.3 is 0 Å². The van der Waals surface area contributed by atoms with E-state index in [0.29, 0.717) is 6.61 Å². The number of sulfone groups is 1. The number of hydrogen-bond donors (Lipinski definition) is 0. The highest BCUT2D eigenvalue weighted by Crippen LogP contribution is 2.22. The van der Waals surface area contributed by atoms with Crippen LogP contribution in [0.4, 0.5) is 0 Å². The lowest BCUT2D eigenvalue weighted by Gasteiger charge is -2.25. The second-order valence-electron chi connectivity index (χ2n) is 6.02. The number of imidazole rings is 1. The fraction of sp³-hybridized carbons (Fsp3) is 0.769. The molecule has 0 radical (unpaired) electrons. The summed E-state index contributed by atoms with van der Waals surface area (Å²) in [5.74, 6) is 0.0279. The van der Waals surface area contributed by atoms with Crippen molar-refractivity contribution in [3.63, 3.8) is 0 Å². The topological polar surface area (TPSA) is 61.2 Å². The van der Waals surface area contributed by atoms with E-state index in [1.807, 2.05) is 20.8 Å². The van der Waals surface area contributed by atoms with Gasteiger partial charge in [-0.15, -0.1) is 0 Å². The Balaban J connectivity index is 2.22. The Kier molecular flexibility index (Phi) is 4.01. The maximum Gasteiger partial charge on any atom is 0.228 e. The van der Waals surface area contributed by atoms with E-state index in [9.17, 15) is 8.42 Å². The number of aromatic nitrogens is 2. The van der Waals surface area contributed by atoms with E-state index in [-0.39, 0.29) is 22.6 Å². The van der Waals surface area contributed by atoms with Crippen molar-refractivity contribution < 1.29 is 13.2 Å². The maximum absolute atomic E-state index is 12.5. The Labute approximate surface area is 114 Å². The minimum absolute atomic E-state index is 0.0279. The Bertz CT molecular complexity index is 522. The van der Waals surface area contributed by atoms with Gasteiger partial charge in [0.25, 0.3) is 0 Å². The smallest absolute Gasteiger partial charge is 0.228 e. The van der Waals surface area contributed by atoms with Gasteiger partial charge in [0.15, 0.2) is 0 Å². The molecular formula is C13H22N2O3S. The number of nitrogens with zero attached hydrogens (tertiary/aromatic N) is 2. The fourth-order valence-corrected chi connectivity index (χ4v) is 4.05. The first-order valence-corrected chi connectivity index (χ1v) is 8.34. The summed E-state index contributed by atoms with van der Waals surface area (Å²) in [6.07, 6.45) is 5.94. The van der Waals surface area contributed by atoms with Crippen LogP contribution in [0, 0.1) is 0 Å². The lowest BCUT2D eigenvalue weighted by molar-refractivity contribution is 0.0304. The van der Waals surface area contributed by atoms with E-state index in [2.05, 4.69) is 4.98 Å². The molecule has 1 saturated heterocycles. The van der Waals surface area contributed by atoms with Crippen LogP contribution in [0.2, 0.25) is 0 Å². The molecule has 0 spiro atoms. The third-order valence-corrected chi connectivity index (χ3v) is 4.96. The zero-order chi connectivity index (χ0) is 14.1. The van der Waals surface area contributed by atoms with Crippen molar-refractivity contribution in [1.82, 2.24) is 9.55 Å². The maximum atomic E-state index is 12.5. The summed E-state index contributed by atoms with van der Waals surface area (Å²) < 4.78 is 32.2. The molecule has 1 aliphatic rings. The SMILES string of the molecule is CC(C)(C)n1ccnc1S(=O)(=O)C[C@@H]1CCCCO1. The highest BCUT2D eigenvalue weighted by Gasteiger charge is 2.30. The van der Waals surface area contributed by atoms with Crippen molar-refractivity contribution in [1.29, 1.82) is 0 Å². The molecule has 0 unspecified atom stereocenters. The van der Waals surface area contributed by atoms with Crippen LogP contribution < -0.4 is 0 Å². The molecule has 2 heterocycles. The van der Waals surface area contributed by atoms with E-state index in [4.69, 9.17) is 4.74 Å². The van der Waals surface area contributed by atoms with Crippen LogP contribution in [0.15, 0.2) is 17.6 Å². The highest BCUT2D eigenvalue weighted by atomic mass is 32.2. The van der Waals surface area contributed by atoms with E-state index < -0.39 is 9.84 Å². The van der Waals surface area contributed by atoms with Crippen molar-refractivity contribution in [2.75, 3.05) is 12.4 Å². The number of ether oxygens (including phenoxy) is 1. The summed E-state index contributed by atoms with van der Waals surface area (Å²) in [6.45, 7) is 6.55. The second kappa shape index (κ2) is 5.25. The van der Waals surface area contributed by atoms with Crippen LogP contribution >= 0.6 is 0 Å². The second-order valence-corrected chi connectivity index (χ2v) is 7.95. The van der Waals surface area contributed by atoms with Gasteiger partial charge in [-0.1, -0.05) is 0 Å². The van der Waals surface area contributed by atoms with E-state index in [1.54, 1.807) is 17.0 Å². The summed E-state index contributed by atoms with van der Waals surface area (Å²) in [7, 11) is -3.40. The van der Waals surface area contributed by atoms with Crippen LogP contribution in [0.5, 0.6) is 0 Å². The van der Waals surface area contributed by atoms with Crippen LogP contribution in [0.1, 0.15) is 40.0 Å². The van der Waals surface area contributed by atoms with Gasteiger partial charge in [0.05, 0.1) is 11.9 Å². The van der Waals surface area contributed by atoms with Crippen molar-refractivity contribution in [3.05, 3.63) is 12.4 Å². The van der Waals surface area contributed by atoms with E-state index >= 15 is 0 Å². The standard InChI is InChI=1S/C13H22N2O3S/c1-13(2,3)15-8-7-14-12(15)19(16,17)10-11-6-4-5-9-18-11/h7-8,11H,4-6,9-10H2,1-3H3/t11-/m0/s1. The minimum atomic E-state index is -3.40. The molecule has 0 bridgehead atoms. The average Bonchev–Trinajstić information content (AvgIpc) is 2.78. The Morgan fingerprint density at radius 3 is 2.74 bits per heavy atom. The van der Waals surface area contributed by atoms with E-state index in [0.717, 1.165) is 19.3 Å². The molecule has 1 aromatic heterocycles. The van der Waals surface area contributed by atoms with Crippen molar-refractivity contribution in [2.24, 2.45) is 0 Å². The third-order valence-electron chi connectivity index (χ3n) is 3.29. The first-order valence-electron chi connectivity index (χ1n) is 6.69. The highest BCUT2D eigenvalue weighted by molar-refractivity contribution is 7.91. The summed E-state index contributed by atoms with van der Waals surface area (Å²) in [4.78, 5) is 4.04. The molecule has 0 aromatic carbocycles. The zero-order valence-electron chi connectivity index (χ0n) is 11.8. The molecule has 6 heteroatoms. The summed E-state index contributed by atoms with van der Waals surface area (Å²) >= 11 is 0. The van der Waals surface area contributed by atoms with Gasteiger partial charge in [0.2, 0.25) is 15.0 Å². The predicted octanol–water partition coefficient (Wildman–Crippen LogP) is 1.98. The third kappa shape index (κ3) is 3.36. The van der Waals surface area contributed by atoms with E-state index in [1.165, 1.54) is 0 Å². The molecule has 0 N–H and O–H groups in total. The van der Waals surface area contributed by atoms with Crippen molar-refractivity contribution in [2.45, 2.75) is 56.8 Å². The lowest BCUT2D eigenvalue weighted by atomic mass is 10.1. The molecule has 19 heavy (non-hydrogen) atoms. The molecule has 5 nitrogen and oxygen atoms in total. The molecule has 1 aliphatic heterocycles. The molecule has 0 saturated carbocycles. The Hall–Kier alpha value is -0.880. The first kappa shape index (κ1) is 14.5. The van der Waals surface area contributed by atoms with Gasteiger partial charge < -0.3 is 9.30 Å². The Morgan fingerprint density at radius 1 is 1.42 bits per heavy atom. The van der Waals surface area contributed by atoms with Gasteiger partial charge in [-0.05, 0) is 40.0 Å². The van der Waals surface area contributed by atoms with Crippen LogP contribution in [-0.2, 0) is 20.1 Å². The van der Waals surface area contributed by atoms with Crippen LogP contribution in [0.3, 0.4) is 0 Å². The molecule has 0 aliphatic carbocycles. The zero-order valence-corrected chi connectivity index (χ0v) is 12.6. The molecule has 0 amide bonds. The molecule has 1 atom stereocenters. The van der Waals surface area contributed by atoms with Crippen LogP contribution in [0.25, 0.3) is 0 Å². The monoisotopic (exact) mass is 286 g/mol. The molecule has 108 valence electrons.